The Balaban J connectivity index is 0.00000375. The number of nitrogens with zero attached hydrogens (tertiary/aromatic N) is 10. The number of H-pyrrole nitrogens is 1. The normalized spacial score (nSPS) is 14.2. The van der Waals surface area contributed by atoms with E-state index in [2.05, 4.69) is 50.4 Å². The minimum absolute atomic E-state index is 0. The molecule has 7 rings (SSSR count). The predicted octanol–water partition coefficient (Wildman–Crippen LogP) is -5.24. The number of aromatic nitrogens is 4. The fraction of sp³-hybridized carbons (Fsp3) is 0.0256. The third-order valence-corrected chi connectivity index (χ3v) is 12.4. The standard InChI is InChI=1S/C39H29N11O15S4.K.Na.H2O/c1-21(51)40-32-17-27(10-13-31(32)48-49-33-19-30-23(16-35(33)69(63,64)65)15-29(67(57,58)59)18-34(30)68(60,61)62)42-38-43-37(44-39(45-38)50-14-2-3-22(20-50)36(52)53)41-24-4-6-25(7-5-24)46-47-26-8-11-28(12-9-26)66(54,55)56;;;/h2-20H,1H3,(H7-,40,41,42,43,44,45,47,49,51,52,53,54,55,56,57,58,59,60,61,62,63,64,65);;;1H2/q;2*+1;/p-2. The number of carboxylic acid groups (broad SMARTS) is 1. The van der Waals surface area contributed by atoms with Gasteiger partial charge in [-0.05, 0) is 126 Å². The quantitative estimate of drug-likeness (QED) is 0.00950. The Kier molecular flexibility index (Phi) is 19.5. The van der Waals surface area contributed by atoms with Gasteiger partial charge in [0.25, 0.3) is 25.9 Å². The summed E-state index contributed by atoms with van der Waals surface area (Å²) in [6.45, 7) is 1.08. The molecule has 0 aliphatic heterocycles. The van der Waals surface area contributed by atoms with E-state index in [1.165, 1.54) is 83.7 Å². The average Bonchev–Trinajstić information content (AvgIpc) is 3.26. The summed E-state index contributed by atoms with van der Waals surface area (Å²) in [6.07, 6.45) is 14.0. The molecule has 7 N–H and O–H groups in total. The zero-order valence-corrected chi connectivity index (χ0v) is 45.2. The molecule has 0 spiro atoms. The minimum Gasteiger partial charge on any atom is -0.862 e. The van der Waals surface area contributed by atoms with Crippen LogP contribution >= 0.6 is 0 Å². The molecule has 0 amide bonds. The molecule has 33 heteroatoms. The second-order valence-corrected chi connectivity index (χ2v) is 19.5. The summed E-state index contributed by atoms with van der Waals surface area (Å²) in [5.41, 5.74) is -0.693. The molecule has 72 heavy (non-hydrogen) atoms. The summed E-state index contributed by atoms with van der Waals surface area (Å²) in [5.74, 6) is -2.52. The third kappa shape index (κ3) is 15.1. The zero-order valence-electron chi connectivity index (χ0n) is 36.9. The van der Waals surface area contributed by atoms with Crippen LogP contribution in [0.3, 0.4) is 0 Å². The van der Waals surface area contributed by atoms with Crippen molar-refractivity contribution in [3.63, 3.8) is 0 Å². The summed E-state index contributed by atoms with van der Waals surface area (Å²) in [4.78, 5) is 32.5. The summed E-state index contributed by atoms with van der Waals surface area (Å²) < 4.78 is 136. The fourth-order valence-electron chi connectivity index (χ4n) is 5.95. The molecule has 0 fully saturated rings. The first-order chi connectivity index (χ1) is 32.3. The first-order valence-electron chi connectivity index (χ1n) is 18.7. The summed E-state index contributed by atoms with van der Waals surface area (Å²) in [6, 6.07) is 8.71. The van der Waals surface area contributed by atoms with E-state index in [0.717, 1.165) is 6.92 Å². The average molecular weight is 1100 g/mol. The van der Waals surface area contributed by atoms with E-state index in [-0.39, 0.29) is 131 Å². The molecule has 2 aliphatic carbocycles. The SMILES string of the molecule is CC([O-])=Nc1cc(N=c2nc(N=C3C=CC(=NN=C4C=CC(=S(=O)(O)O)C=C4)C=C3)nc(-[n+]3cccc(C(=O)[O-])c3)[nH]2)ccc1N=Nc1cc2c(S(=O)(=O)O)cc(S(=O)(=O)O)cc2cc1S(=O)(=O)[O-].O.[K+].[Na+]. The Morgan fingerprint density at radius 2 is 1.32 bits per heavy atom. The number of aromatic carboxylic acids is 1. The molecule has 0 bridgehead atoms. The summed E-state index contributed by atoms with van der Waals surface area (Å²) in [5, 5.41) is 38.8. The van der Waals surface area contributed by atoms with Gasteiger partial charge < -0.3 is 25.0 Å². The largest absolute Gasteiger partial charge is 1.00 e. The van der Waals surface area contributed by atoms with Crippen molar-refractivity contribution in [1.29, 1.82) is 0 Å². The number of aromatic amines is 1. The van der Waals surface area contributed by atoms with E-state index in [9.17, 15) is 67.2 Å². The van der Waals surface area contributed by atoms with Gasteiger partial charge in [0.05, 0.1) is 61.5 Å². The van der Waals surface area contributed by atoms with E-state index in [0.29, 0.717) is 41.4 Å². The van der Waals surface area contributed by atoms with Crippen LogP contribution in [-0.2, 0) is 40.4 Å². The molecule has 362 valence electrons. The van der Waals surface area contributed by atoms with Crippen LogP contribution in [0, 0.1) is 0 Å². The number of rotatable bonds is 11. The first-order valence-corrected chi connectivity index (χ1v) is 24.5. The Hall–Kier alpha value is -5.34. The van der Waals surface area contributed by atoms with Crippen molar-refractivity contribution in [3.05, 3.63) is 127 Å². The maximum absolute atomic E-state index is 12.4. The van der Waals surface area contributed by atoms with Crippen LogP contribution in [0.1, 0.15) is 17.3 Å². The molecule has 2 aromatic heterocycles. The van der Waals surface area contributed by atoms with E-state index >= 15 is 0 Å². The van der Waals surface area contributed by atoms with Gasteiger partial charge in [-0.3, -0.25) is 23.2 Å². The summed E-state index contributed by atoms with van der Waals surface area (Å²) in [7, 11) is -20.0. The molecule has 3 aromatic carbocycles. The van der Waals surface area contributed by atoms with Gasteiger partial charge in [0, 0.05) is 10.9 Å². The van der Waals surface area contributed by atoms with Gasteiger partial charge in [0.1, 0.15) is 26.4 Å². The van der Waals surface area contributed by atoms with Crippen LogP contribution in [0.25, 0.3) is 16.7 Å². The molecule has 27 nitrogen and oxygen atoms in total. The van der Waals surface area contributed by atoms with E-state index in [1.54, 1.807) is 12.2 Å². The van der Waals surface area contributed by atoms with Gasteiger partial charge in [-0.25, -0.2) is 22.2 Å². The van der Waals surface area contributed by atoms with Gasteiger partial charge in [0.2, 0.25) is 10.1 Å². The number of benzene rings is 3. The van der Waals surface area contributed by atoms with Gasteiger partial charge in [-0.2, -0.15) is 37.0 Å². The van der Waals surface area contributed by atoms with Crippen LogP contribution in [0.4, 0.5) is 28.7 Å². The van der Waals surface area contributed by atoms with Crippen molar-refractivity contribution < 1.29 is 158 Å². The van der Waals surface area contributed by atoms with Gasteiger partial charge in [-0.1, -0.05) is 0 Å². The zero-order chi connectivity index (χ0) is 50.1. The van der Waals surface area contributed by atoms with Crippen LogP contribution in [0.5, 0.6) is 0 Å². The van der Waals surface area contributed by atoms with E-state index in [4.69, 9.17) is 0 Å². The molecule has 5 aromatic rings. The van der Waals surface area contributed by atoms with Crippen molar-refractivity contribution in [1.82, 2.24) is 15.0 Å². The van der Waals surface area contributed by atoms with Crippen LogP contribution in [0.15, 0.2) is 166 Å². The smallest absolute Gasteiger partial charge is 0.862 e. The Labute approximate surface area is 471 Å². The number of carbonyl (C=O) groups excluding carboxylic acids is 1. The number of hydrogen-bond donors (Lipinski definition) is 5. The van der Waals surface area contributed by atoms with E-state index < -0.39 is 83.5 Å². The number of carboxylic acids is 1. The monoisotopic (exact) mass is 1100 g/mol. The van der Waals surface area contributed by atoms with Crippen molar-refractivity contribution in [3.8, 4) is 5.95 Å². The second kappa shape index (κ2) is 23.7. The number of hydrogen-bond acceptors (Lipinski definition) is 20. The van der Waals surface area contributed by atoms with Gasteiger partial charge in [0.15, 0.2) is 0 Å². The predicted molar refractivity (Wildman–Crippen MR) is 243 cm³/mol. The summed E-state index contributed by atoms with van der Waals surface area (Å²) >= 11 is 0. The number of pyridine rings is 1. The molecule has 2 aliphatic rings. The Morgan fingerprint density at radius 1 is 0.708 bits per heavy atom. The number of fused-ring (bicyclic) bond motifs is 1. The van der Waals surface area contributed by atoms with Crippen molar-refractivity contribution >= 4 is 114 Å². The van der Waals surface area contributed by atoms with E-state index in [1.807, 2.05) is 0 Å². The van der Waals surface area contributed by atoms with Gasteiger partial charge in [-0.15, -0.1) is 15.2 Å². The number of carbonyl (C=O) groups is 1. The van der Waals surface area contributed by atoms with Crippen LogP contribution < -0.4 is 101 Å². The van der Waals surface area contributed by atoms with Crippen LogP contribution in [0.2, 0.25) is 0 Å². The molecule has 0 saturated carbocycles. The number of nitrogens with one attached hydrogen (secondary N) is 1. The van der Waals surface area contributed by atoms with Crippen molar-refractivity contribution in [2.75, 3.05) is 0 Å². The van der Waals surface area contributed by atoms with Crippen LogP contribution in [-0.4, -0.2) is 107 Å². The Morgan fingerprint density at radius 3 is 1.89 bits per heavy atom. The third-order valence-electron chi connectivity index (χ3n) is 8.97. The second-order valence-electron chi connectivity index (χ2n) is 13.9. The molecular formula is C39H29KN11NaO16S4. The van der Waals surface area contributed by atoms with Crippen molar-refractivity contribution in [2.24, 2.45) is 35.4 Å². The number of allylic oxidation sites excluding steroid dienone is 8. The Bertz CT molecular complexity index is 3870. The van der Waals surface area contributed by atoms with Crippen molar-refractivity contribution in [2.45, 2.75) is 21.6 Å². The number of aliphatic imine (C=N–C) groups is 2. The molecule has 2 heterocycles. The first kappa shape index (κ1) is 59.2. The maximum Gasteiger partial charge on any atom is 1.00 e. The topological polar surface area (TPSA) is 450 Å². The minimum atomic E-state index is -5.47. The number of azo groups is 1. The maximum atomic E-state index is 12.4. The molecule has 0 atom stereocenters. The molecular weight excluding hydrogens is 1070 g/mol. The van der Waals surface area contributed by atoms with Gasteiger partial charge >= 0.3 is 92.8 Å². The fourth-order valence-corrected chi connectivity index (χ4v) is 8.42. The molecule has 0 unspecified atom stereocenters. The molecule has 0 radical (unpaired) electrons. The molecule has 0 saturated heterocycles.